The fourth-order valence-corrected chi connectivity index (χ4v) is 3.04. The van der Waals surface area contributed by atoms with E-state index in [2.05, 4.69) is 4.98 Å². The monoisotopic (exact) mass is 432 g/mol. The Balaban J connectivity index is 1.46. The summed E-state index contributed by atoms with van der Waals surface area (Å²) in [5.74, 6) is 0.0686. The van der Waals surface area contributed by atoms with E-state index in [9.17, 15) is 9.59 Å². The maximum atomic E-state index is 12.1. The van der Waals surface area contributed by atoms with Gasteiger partial charge in [-0.05, 0) is 48.5 Å². The average Bonchev–Trinajstić information content (AvgIpc) is 3.18. The van der Waals surface area contributed by atoms with Crippen LogP contribution in [0.15, 0.2) is 53.9 Å². The molecule has 0 aliphatic rings. The van der Waals surface area contributed by atoms with E-state index in [0.29, 0.717) is 34.4 Å². The fraction of sp³-hybridized carbons (Fsp3) is 0.150. The molecule has 0 aliphatic heterocycles. The van der Waals surface area contributed by atoms with Gasteiger partial charge in [-0.1, -0.05) is 11.6 Å². The Morgan fingerprint density at radius 3 is 2.31 bits per heavy atom. The number of thiazole rings is 1. The first-order valence-corrected chi connectivity index (χ1v) is 9.75. The van der Waals surface area contributed by atoms with Crippen molar-refractivity contribution in [1.29, 1.82) is 0 Å². The van der Waals surface area contributed by atoms with E-state index in [1.165, 1.54) is 11.3 Å². The van der Waals surface area contributed by atoms with Crippen LogP contribution in [0.3, 0.4) is 0 Å². The predicted octanol–water partition coefficient (Wildman–Crippen LogP) is 3.60. The zero-order valence-corrected chi connectivity index (χ0v) is 16.7. The van der Waals surface area contributed by atoms with Crippen molar-refractivity contribution in [3.8, 4) is 11.5 Å². The third-order valence-corrected chi connectivity index (χ3v) is 4.72. The number of rotatable bonds is 9. The Morgan fingerprint density at radius 1 is 0.966 bits per heavy atom. The summed E-state index contributed by atoms with van der Waals surface area (Å²) in [5.41, 5.74) is 6.01. The van der Waals surface area contributed by atoms with E-state index >= 15 is 0 Å². The topological polar surface area (TPSA) is 101 Å². The van der Waals surface area contributed by atoms with Crippen LogP contribution in [-0.4, -0.2) is 23.5 Å². The van der Waals surface area contributed by atoms with E-state index in [4.69, 9.17) is 31.5 Å². The second kappa shape index (κ2) is 9.90. The van der Waals surface area contributed by atoms with Crippen molar-refractivity contribution in [1.82, 2.24) is 4.98 Å². The van der Waals surface area contributed by atoms with Gasteiger partial charge in [0.2, 0.25) is 0 Å². The third-order valence-electron chi connectivity index (χ3n) is 3.60. The smallest absolute Gasteiger partial charge is 0.338 e. The van der Waals surface area contributed by atoms with Gasteiger partial charge in [-0.3, -0.25) is 4.79 Å². The molecule has 0 saturated carbocycles. The highest BCUT2D eigenvalue weighted by molar-refractivity contribution is 7.09. The van der Waals surface area contributed by atoms with Gasteiger partial charge in [-0.15, -0.1) is 11.3 Å². The highest BCUT2D eigenvalue weighted by Crippen LogP contribution is 2.19. The SMILES string of the molecule is NC(=O)COc1ccc(C(=O)OCc2csc(COc3ccc(Cl)cc3)n2)cc1. The zero-order chi connectivity index (χ0) is 20.6. The second-order valence-electron chi connectivity index (χ2n) is 5.83. The molecular weight excluding hydrogens is 416 g/mol. The lowest BCUT2D eigenvalue weighted by Gasteiger charge is -2.06. The summed E-state index contributed by atoms with van der Waals surface area (Å²) in [4.78, 5) is 27.2. The van der Waals surface area contributed by atoms with Crippen LogP contribution in [-0.2, 0) is 22.7 Å². The molecule has 2 N–H and O–H groups in total. The van der Waals surface area contributed by atoms with Crippen molar-refractivity contribution < 1.29 is 23.8 Å². The fourth-order valence-electron chi connectivity index (χ4n) is 2.22. The number of nitrogens with two attached hydrogens (primary N) is 1. The maximum absolute atomic E-state index is 12.1. The summed E-state index contributed by atoms with van der Waals surface area (Å²) in [7, 11) is 0. The van der Waals surface area contributed by atoms with Crippen molar-refractivity contribution in [2.45, 2.75) is 13.2 Å². The lowest BCUT2D eigenvalue weighted by molar-refractivity contribution is -0.119. The highest BCUT2D eigenvalue weighted by Gasteiger charge is 2.10. The molecule has 0 radical (unpaired) electrons. The molecule has 1 amide bonds. The number of esters is 1. The third kappa shape index (κ3) is 6.48. The molecule has 0 atom stereocenters. The van der Waals surface area contributed by atoms with Gasteiger partial charge in [0.05, 0.1) is 11.3 Å². The minimum absolute atomic E-state index is 0.0518. The Kier molecular flexibility index (Phi) is 7.04. The molecule has 7 nitrogen and oxygen atoms in total. The molecule has 0 bridgehead atoms. The number of hydrogen-bond acceptors (Lipinski definition) is 7. The number of carbonyl (C=O) groups is 2. The van der Waals surface area contributed by atoms with Crippen LogP contribution in [0.2, 0.25) is 5.02 Å². The van der Waals surface area contributed by atoms with Crippen LogP contribution in [0.5, 0.6) is 11.5 Å². The number of hydrogen-bond donors (Lipinski definition) is 1. The second-order valence-corrected chi connectivity index (χ2v) is 7.21. The van der Waals surface area contributed by atoms with Crippen molar-refractivity contribution in [2.24, 2.45) is 5.73 Å². The van der Waals surface area contributed by atoms with Gasteiger partial charge >= 0.3 is 5.97 Å². The van der Waals surface area contributed by atoms with Gasteiger partial charge in [0.1, 0.15) is 29.7 Å². The molecule has 0 fully saturated rings. The Hall–Kier alpha value is -3.10. The summed E-state index contributed by atoms with van der Waals surface area (Å²) in [5, 5.41) is 3.22. The number of halogens is 1. The van der Waals surface area contributed by atoms with Crippen LogP contribution < -0.4 is 15.2 Å². The number of carbonyl (C=O) groups excluding carboxylic acids is 2. The molecule has 3 aromatic rings. The number of nitrogens with zero attached hydrogens (tertiary/aromatic N) is 1. The van der Waals surface area contributed by atoms with Crippen LogP contribution >= 0.6 is 22.9 Å². The first-order chi connectivity index (χ1) is 14.0. The van der Waals surface area contributed by atoms with Crippen LogP contribution in [0.4, 0.5) is 0 Å². The minimum atomic E-state index is -0.574. The lowest BCUT2D eigenvalue weighted by Crippen LogP contribution is -2.20. The molecular formula is C20H17ClN2O5S. The summed E-state index contributed by atoms with van der Waals surface area (Å²) < 4.78 is 16.1. The summed E-state index contributed by atoms with van der Waals surface area (Å²) in [6.45, 7) is 0.140. The summed E-state index contributed by atoms with van der Waals surface area (Å²) in [6.07, 6.45) is 0. The molecule has 150 valence electrons. The molecule has 1 aromatic heterocycles. The lowest BCUT2D eigenvalue weighted by atomic mass is 10.2. The van der Waals surface area contributed by atoms with Crippen molar-refractivity contribution >= 4 is 34.8 Å². The number of primary amides is 1. The Bertz CT molecular complexity index is 973. The molecule has 0 aliphatic carbocycles. The van der Waals surface area contributed by atoms with Crippen LogP contribution in [0.1, 0.15) is 21.1 Å². The van der Waals surface area contributed by atoms with Gasteiger partial charge in [0, 0.05) is 10.4 Å². The normalized spacial score (nSPS) is 10.4. The molecule has 2 aromatic carbocycles. The van der Waals surface area contributed by atoms with Crippen LogP contribution in [0, 0.1) is 0 Å². The number of ether oxygens (including phenoxy) is 3. The molecule has 0 unspecified atom stereocenters. The largest absolute Gasteiger partial charge is 0.486 e. The Labute approximate surface area is 176 Å². The van der Waals surface area contributed by atoms with Crippen LogP contribution in [0.25, 0.3) is 0 Å². The summed E-state index contributed by atoms with van der Waals surface area (Å²) >= 11 is 7.26. The van der Waals surface area contributed by atoms with E-state index in [1.54, 1.807) is 48.5 Å². The van der Waals surface area contributed by atoms with Gasteiger partial charge in [0.25, 0.3) is 5.91 Å². The zero-order valence-electron chi connectivity index (χ0n) is 15.2. The molecule has 3 rings (SSSR count). The van der Waals surface area contributed by atoms with E-state index in [1.807, 2.05) is 5.38 Å². The van der Waals surface area contributed by atoms with Crippen molar-refractivity contribution in [2.75, 3.05) is 6.61 Å². The number of amides is 1. The minimum Gasteiger partial charge on any atom is -0.486 e. The van der Waals surface area contributed by atoms with E-state index in [-0.39, 0.29) is 13.2 Å². The molecule has 1 heterocycles. The van der Waals surface area contributed by atoms with Gasteiger partial charge < -0.3 is 19.9 Å². The summed E-state index contributed by atoms with van der Waals surface area (Å²) in [6, 6.07) is 13.3. The molecule has 0 spiro atoms. The quantitative estimate of drug-likeness (QED) is 0.518. The van der Waals surface area contributed by atoms with Gasteiger partial charge in [0.15, 0.2) is 6.61 Å². The van der Waals surface area contributed by atoms with Crippen molar-refractivity contribution in [3.63, 3.8) is 0 Å². The van der Waals surface area contributed by atoms with Crippen molar-refractivity contribution in [3.05, 3.63) is 75.2 Å². The van der Waals surface area contributed by atoms with E-state index in [0.717, 1.165) is 5.01 Å². The maximum Gasteiger partial charge on any atom is 0.338 e. The average molecular weight is 433 g/mol. The first kappa shape index (κ1) is 20.6. The highest BCUT2D eigenvalue weighted by atomic mass is 35.5. The molecule has 0 saturated heterocycles. The molecule has 9 heteroatoms. The van der Waals surface area contributed by atoms with E-state index < -0.39 is 11.9 Å². The first-order valence-electron chi connectivity index (χ1n) is 8.49. The number of aromatic nitrogens is 1. The standard InChI is InChI=1S/C20H17ClN2O5S/c21-14-3-7-17(8-4-14)27-11-19-23-15(12-29-19)9-28-20(25)13-1-5-16(6-2-13)26-10-18(22)24/h1-8,12H,9-11H2,(H2,22,24). The van der Waals surface area contributed by atoms with Gasteiger partial charge in [-0.25, -0.2) is 9.78 Å². The van der Waals surface area contributed by atoms with Gasteiger partial charge in [-0.2, -0.15) is 0 Å². The Morgan fingerprint density at radius 2 is 1.62 bits per heavy atom. The number of benzene rings is 2. The molecule has 29 heavy (non-hydrogen) atoms. The predicted molar refractivity (Wildman–Crippen MR) is 108 cm³/mol.